The first-order valence-corrected chi connectivity index (χ1v) is 10.9. The third-order valence-corrected chi connectivity index (χ3v) is 6.07. The predicted molar refractivity (Wildman–Crippen MR) is 123 cm³/mol. The van der Waals surface area contributed by atoms with Gasteiger partial charge in [0.25, 0.3) is 11.8 Å². The summed E-state index contributed by atoms with van der Waals surface area (Å²) < 4.78 is 0. The van der Waals surface area contributed by atoms with Gasteiger partial charge < -0.3 is 5.32 Å². The topological polar surface area (TPSA) is 96.4 Å². The van der Waals surface area contributed by atoms with Crippen LogP contribution in [0.4, 0.5) is 5.69 Å². The van der Waals surface area contributed by atoms with E-state index in [1.807, 2.05) is 18.2 Å². The van der Waals surface area contributed by atoms with Gasteiger partial charge in [0.1, 0.15) is 6.04 Å². The van der Waals surface area contributed by atoms with Crippen LogP contribution >= 0.6 is 0 Å². The highest BCUT2D eigenvalue weighted by molar-refractivity contribution is 6.23. The number of fused-ring (bicyclic) bond motifs is 2. The Morgan fingerprint density at radius 2 is 1.67 bits per heavy atom. The highest BCUT2D eigenvalue weighted by atomic mass is 16.2. The van der Waals surface area contributed by atoms with Crippen molar-refractivity contribution >= 4 is 40.1 Å². The first-order valence-electron chi connectivity index (χ1n) is 10.9. The Hall–Kier alpha value is -4.13. The summed E-state index contributed by atoms with van der Waals surface area (Å²) in [4.78, 5) is 57.2. The van der Waals surface area contributed by atoms with Crippen LogP contribution in [0.15, 0.2) is 72.4 Å². The summed E-state index contributed by atoms with van der Waals surface area (Å²) in [7, 11) is 0. The van der Waals surface area contributed by atoms with Crippen molar-refractivity contribution in [2.45, 2.75) is 31.7 Å². The second-order valence-electron chi connectivity index (χ2n) is 8.24. The maximum absolute atomic E-state index is 13.5. The second kappa shape index (κ2) is 8.43. The van der Waals surface area contributed by atoms with Crippen LogP contribution in [-0.2, 0) is 9.59 Å². The fraction of sp³-hybridized carbons (Fsp3) is 0.192. The number of carbonyl (C=O) groups is 4. The van der Waals surface area contributed by atoms with Crippen LogP contribution in [0.5, 0.6) is 0 Å². The fourth-order valence-corrected chi connectivity index (χ4v) is 4.48. The molecule has 0 bridgehead atoms. The number of rotatable bonds is 5. The molecule has 33 heavy (non-hydrogen) atoms. The van der Waals surface area contributed by atoms with Crippen molar-refractivity contribution in [2.75, 3.05) is 5.32 Å². The van der Waals surface area contributed by atoms with Crippen molar-refractivity contribution in [3.63, 3.8) is 0 Å². The van der Waals surface area contributed by atoms with Gasteiger partial charge in [-0.15, -0.1) is 0 Å². The number of benzene rings is 2. The van der Waals surface area contributed by atoms with Gasteiger partial charge in [0.15, 0.2) is 5.78 Å². The number of carbonyl (C=O) groups excluding carboxylic acids is 4. The summed E-state index contributed by atoms with van der Waals surface area (Å²) in [5.74, 6) is -1.51. The van der Waals surface area contributed by atoms with Crippen molar-refractivity contribution in [2.24, 2.45) is 0 Å². The number of imide groups is 1. The number of hydrogen-bond donors (Lipinski definition) is 1. The zero-order chi connectivity index (χ0) is 22.9. The number of allylic oxidation sites excluding steroid dienone is 1. The van der Waals surface area contributed by atoms with E-state index in [9.17, 15) is 19.2 Å². The summed E-state index contributed by atoms with van der Waals surface area (Å²) in [6, 6.07) is 14.6. The molecule has 1 aliphatic heterocycles. The van der Waals surface area contributed by atoms with Crippen molar-refractivity contribution < 1.29 is 19.2 Å². The van der Waals surface area contributed by atoms with E-state index in [2.05, 4.69) is 10.3 Å². The van der Waals surface area contributed by atoms with Gasteiger partial charge in [-0.05, 0) is 49.6 Å². The average Bonchev–Trinajstić information content (AvgIpc) is 3.08. The molecule has 164 valence electrons. The number of nitrogens with one attached hydrogen (secondary N) is 1. The molecular weight excluding hydrogens is 418 g/mol. The monoisotopic (exact) mass is 439 g/mol. The lowest BCUT2D eigenvalue weighted by Crippen LogP contribution is -2.47. The van der Waals surface area contributed by atoms with Gasteiger partial charge in [0, 0.05) is 18.0 Å². The number of nitrogens with zero attached hydrogens (tertiary/aromatic N) is 2. The lowest BCUT2D eigenvalue weighted by Gasteiger charge is -2.27. The van der Waals surface area contributed by atoms with Crippen molar-refractivity contribution in [1.82, 2.24) is 9.88 Å². The normalized spacial score (nSPS) is 16.5. The van der Waals surface area contributed by atoms with Gasteiger partial charge >= 0.3 is 0 Å². The third kappa shape index (κ3) is 3.82. The van der Waals surface area contributed by atoms with E-state index in [-0.39, 0.29) is 23.3 Å². The number of aromatic nitrogens is 1. The zero-order valence-electron chi connectivity index (χ0n) is 17.8. The first kappa shape index (κ1) is 20.8. The van der Waals surface area contributed by atoms with Crippen LogP contribution in [0.25, 0.3) is 10.9 Å². The van der Waals surface area contributed by atoms with E-state index in [4.69, 9.17) is 0 Å². The molecule has 3 aromatic rings. The second-order valence-corrected chi connectivity index (χ2v) is 8.24. The summed E-state index contributed by atoms with van der Waals surface area (Å²) in [6.45, 7) is 0. The molecule has 0 radical (unpaired) electrons. The van der Waals surface area contributed by atoms with Gasteiger partial charge in [0.2, 0.25) is 5.91 Å². The van der Waals surface area contributed by atoms with Crippen LogP contribution in [0.3, 0.4) is 0 Å². The minimum absolute atomic E-state index is 0.00368. The summed E-state index contributed by atoms with van der Waals surface area (Å²) >= 11 is 0. The summed E-state index contributed by atoms with van der Waals surface area (Å²) in [6.07, 6.45) is 5.10. The summed E-state index contributed by atoms with van der Waals surface area (Å²) in [5.41, 5.74) is 2.43. The standard InChI is InChI=1S/C26H21N3O4/c30-18-9-3-6-16(14-18)15-22(29-25(32)19-10-1-2-11-20(19)26(29)33)24(31)28-21-12-4-7-17-8-5-13-27-23(17)21/h1-2,4-5,7-8,10-14,22H,3,6,9,15H2,(H,28,31)/t22-/m0/s1. The molecule has 0 saturated heterocycles. The number of pyridine rings is 1. The van der Waals surface area contributed by atoms with E-state index >= 15 is 0 Å². The van der Waals surface area contributed by atoms with Crippen LogP contribution < -0.4 is 5.32 Å². The van der Waals surface area contributed by atoms with E-state index < -0.39 is 23.8 Å². The molecule has 7 heteroatoms. The third-order valence-electron chi connectivity index (χ3n) is 6.07. The Balaban J connectivity index is 1.51. The van der Waals surface area contributed by atoms with Gasteiger partial charge in [0.05, 0.1) is 22.3 Å². The molecule has 1 atom stereocenters. The molecule has 2 aromatic carbocycles. The van der Waals surface area contributed by atoms with Crippen LogP contribution in [0.2, 0.25) is 0 Å². The lowest BCUT2D eigenvalue weighted by molar-refractivity contribution is -0.120. The minimum atomic E-state index is -1.09. The van der Waals surface area contributed by atoms with Crippen molar-refractivity contribution in [3.8, 4) is 0 Å². The van der Waals surface area contributed by atoms with Gasteiger partial charge in [-0.25, -0.2) is 0 Å². The molecule has 1 N–H and O–H groups in total. The number of hydrogen-bond acceptors (Lipinski definition) is 5. The fourth-order valence-electron chi connectivity index (χ4n) is 4.48. The average molecular weight is 439 g/mol. The Morgan fingerprint density at radius 1 is 0.939 bits per heavy atom. The molecule has 0 fully saturated rings. The van der Waals surface area contributed by atoms with Gasteiger partial charge in [-0.3, -0.25) is 29.1 Å². The maximum atomic E-state index is 13.5. The molecule has 7 nitrogen and oxygen atoms in total. The number of ketones is 1. The number of para-hydroxylation sites is 1. The highest BCUT2D eigenvalue weighted by Crippen LogP contribution is 2.30. The molecule has 1 aromatic heterocycles. The Morgan fingerprint density at radius 3 is 2.39 bits per heavy atom. The van der Waals surface area contributed by atoms with E-state index in [1.54, 1.807) is 48.7 Å². The molecule has 2 heterocycles. The predicted octanol–water partition coefficient (Wildman–Crippen LogP) is 3.91. The van der Waals surface area contributed by atoms with E-state index in [1.165, 1.54) is 0 Å². The summed E-state index contributed by atoms with van der Waals surface area (Å²) in [5, 5.41) is 3.73. The Bertz CT molecular complexity index is 1300. The van der Waals surface area contributed by atoms with Crippen LogP contribution in [0.1, 0.15) is 46.4 Å². The Kier molecular flexibility index (Phi) is 5.30. The first-order chi connectivity index (χ1) is 16.0. The van der Waals surface area contributed by atoms with Gasteiger partial charge in [-0.1, -0.05) is 35.9 Å². The molecule has 3 amide bonds. The number of amides is 3. The molecule has 5 rings (SSSR count). The molecule has 0 saturated carbocycles. The smallest absolute Gasteiger partial charge is 0.262 e. The number of anilines is 1. The van der Waals surface area contributed by atoms with Gasteiger partial charge in [-0.2, -0.15) is 0 Å². The SMILES string of the molecule is O=C1C=C(C[C@@H](C(=O)Nc2cccc3cccnc23)N2C(=O)c3ccccc3C2=O)CCC1. The zero-order valence-corrected chi connectivity index (χ0v) is 17.8. The quantitative estimate of drug-likeness (QED) is 0.608. The largest absolute Gasteiger partial charge is 0.322 e. The Labute approximate surface area is 190 Å². The van der Waals surface area contributed by atoms with Crippen molar-refractivity contribution in [1.29, 1.82) is 0 Å². The van der Waals surface area contributed by atoms with Crippen LogP contribution in [-0.4, -0.2) is 39.4 Å². The molecule has 1 aliphatic carbocycles. The molecule has 0 spiro atoms. The molecule has 0 unspecified atom stereocenters. The van der Waals surface area contributed by atoms with Crippen LogP contribution in [0, 0.1) is 0 Å². The maximum Gasteiger partial charge on any atom is 0.262 e. The molecule has 2 aliphatic rings. The lowest BCUT2D eigenvalue weighted by atomic mass is 9.92. The minimum Gasteiger partial charge on any atom is -0.322 e. The molecular formula is C26H21N3O4. The van der Waals surface area contributed by atoms with E-state index in [0.29, 0.717) is 30.5 Å². The van der Waals surface area contributed by atoms with Crippen molar-refractivity contribution in [3.05, 3.63) is 83.6 Å². The van der Waals surface area contributed by atoms with E-state index in [0.717, 1.165) is 15.9 Å². The highest BCUT2D eigenvalue weighted by Gasteiger charge is 2.43.